The van der Waals surface area contributed by atoms with Crippen molar-refractivity contribution in [2.45, 2.75) is 13.8 Å². The van der Waals surface area contributed by atoms with Gasteiger partial charge in [-0.05, 0) is 31.5 Å². The lowest BCUT2D eigenvalue weighted by Gasteiger charge is -2.05. The van der Waals surface area contributed by atoms with Gasteiger partial charge in [-0.15, -0.1) is 0 Å². The third-order valence-corrected chi connectivity index (χ3v) is 1.92. The van der Waals surface area contributed by atoms with Crippen LogP contribution in [0.15, 0.2) is 30.7 Å². The molecule has 0 saturated carbocycles. The number of imidazole rings is 1. The van der Waals surface area contributed by atoms with Crippen molar-refractivity contribution in [1.82, 2.24) is 9.71 Å². The summed E-state index contributed by atoms with van der Waals surface area (Å²) in [6.45, 7) is 3.67. The first-order valence-corrected chi connectivity index (χ1v) is 4.59. The van der Waals surface area contributed by atoms with Gasteiger partial charge in [-0.1, -0.05) is 0 Å². The van der Waals surface area contributed by atoms with Crippen molar-refractivity contribution in [3.8, 4) is 5.75 Å². The van der Waals surface area contributed by atoms with Gasteiger partial charge >= 0.3 is 0 Å². The highest BCUT2D eigenvalue weighted by molar-refractivity contribution is 5.28. The summed E-state index contributed by atoms with van der Waals surface area (Å²) in [7, 11) is 0. The fourth-order valence-corrected chi connectivity index (χ4v) is 1.33. The quantitative estimate of drug-likeness (QED) is 0.754. The van der Waals surface area contributed by atoms with Crippen LogP contribution in [0.2, 0.25) is 0 Å². The summed E-state index contributed by atoms with van der Waals surface area (Å²) in [5.74, 6) is 0.159. The molecule has 1 aromatic heterocycles. The Hall–Kier alpha value is -1.84. The maximum Gasteiger partial charge on any atom is 0.159 e. The summed E-state index contributed by atoms with van der Waals surface area (Å²) < 4.78 is 14.5. The Labute approximate surface area is 87.1 Å². The summed E-state index contributed by atoms with van der Waals surface area (Å²) in [5, 5.41) is 0. The standard InChI is InChI=1S/C11H11FN2O/c1-8-3-10(12)5-11(4-8)15-14-6-9(2)13-7-14/h3-7H,1-2H3. The van der Waals surface area contributed by atoms with Gasteiger partial charge in [-0.2, -0.15) is 4.73 Å². The normalized spacial score (nSPS) is 10.3. The third kappa shape index (κ3) is 2.34. The minimum Gasteiger partial charge on any atom is -0.374 e. The molecule has 0 aliphatic heterocycles. The number of aromatic nitrogens is 2. The lowest BCUT2D eigenvalue weighted by molar-refractivity contribution is 0.214. The van der Waals surface area contributed by atoms with Crippen LogP contribution in [-0.4, -0.2) is 9.71 Å². The highest BCUT2D eigenvalue weighted by Crippen LogP contribution is 2.16. The van der Waals surface area contributed by atoms with E-state index in [2.05, 4.69) is 4.98 Å². The summed E-state index contributed by atoms with van der Waals surface area (Å²) in [6, 6.07) is 4.55. The predicted molar refractivity (Wildman–Crippen MR) is 54.1 cm³/mol. The number of hydrogen-bond acceptors (Lipinski definition) is 2. The number of nitrogens with zero attached hydrogens (tertiary/aromatic N) is 2. The highest BCUT2D eigenvalue weighted by Gasteiger charge is 2.01. The van der Waals surface area contributed by atoms with E-state index in [4.69, 9.17) is 4.84 Å². The lowest BCUT2D eigenvalue weighted by atomic mass is 10.2. The van der Waals surface area contributed by atoms with Gasteiger partial charge in [-0.3, -0.25) is 0 Å². The molecule has 0 radical (unpaired) electrons. The number of aryl methyl sites for hydroxylation is 2. The first kappa shape index (κ1) is 9.71. The summed E-state index contributed by atoms with van der Waals surface area (Å²) in [5.41, 5.74) is 1.67. The Balaban J connectivity index is 2.24. The first-order valence-electron chi connectivity index (χ1n) is 4.59. The molecule has 3 nitrogen and oxygen atoms in total. The number of rotatable bonds is 2. The Morgan fingerprint density at radius 3 is 2.67 bits per heavy atom. The highest BCUT2D eigenvalue weighted by atomic mass is 19.1. The van der Waals surface area contributed by atoms with Crippen molar-refractivity contribution in [1.29, 1.82) is 0 Å². The van der Waals surface area contributed by atoms with Crippen molar-refractivity contribution >= 4 is 0 Å². The second-order valence-corrected chi connectivity index (χ2v) is 3.43. The molecular formula is C11H11FN2O. The van der Waals surface area contributed by atoms with E-state index < -0.39 is 0 Å². The zero-order chi connectivity index (χ0) is 10.8. The van der Waals surface area contributed by atoms with Crippen LogP contribution in [0.4, 0.5) is 4.39 Å². The van der Waals surface area contributed by atoms with E-state index in [0.717, 1.165) is 11.3 Å². The van der Waals surface area contributed by atoms with E-state index in [1.807, 2.05) is 13.8 Å². The fourth-order valence-electron chi connectivity index (χ4n) is 1.33. The Bertz CT molecular complexity index is 459. The van der Waals surface area contributed by atoms with Gasteiger partial charge in [0, 0.05) is 6.07 Å². The van der Waals surface area contributed by atoms with Crippen molar-refractivity contribution in [3.05, 3.63) is 47.8 Å². The Morgan fingerprint density at radius 2 is 2.07 bits per heavy atom. The lowest BCUT2D eigenvalue weighted by Crippen LogP contribution is -2.02. The van der Waals surface area contributed by atoms with Crippen molar-refractivity contribution < 1.29 is 9.23 Å². The molecule has 15 heavy (non-hydrogen) atoms. The molecule has 0 fully saturated rings. The van der Waals surface area contributed by atoms with Crippen LogP contribution in [0.3, 0.4) is 0 Å². The van der Waals surface area contributed by atoms with Gasteiger partial charge in [0.1, 0.15) is 12.1 Å². The van der Waals surface area contributed by atoms with E-state index in [0.29, 0.717) is 5.75 Å². The molecule has 0 aliphatic carbocycles. The Kier molecular flexibility index (Phi) is 2.41. The first-order chi connectivity index (χ1) is 7.13. The van der Waals surface area contributed by atoms with Crippen LogP contribution in [0.1, 0.15) is 11.3 Å². The van der Waals surface area contributed by atoms with Gasteiger partial charge in [0.05, 0.1) is 11.9 Å². The average Bonchev–Trinajstić information content (AvgIpc) is 2.49. The van der Waals surface area contributed by atoms with E-state index >= 15 is 0 Å². The van der Waals surface area contributed by atoms with Gasteiger partial charge in [0.15, 0.2) is 5.75 Å². The molecule has 0 N–H and O–H groups in total. The molecule has 2 aromatic rings. The van der Waals surface area contributed by atoms with Crippen LogP contribution >= 0.6 is 0 Å². The fraction of sp³-hybridized carbons (Fsp3) is 0.182. The minimum absolute atomic E-state index is 0.304. The maximum atomic E-state index is 13.0. The van der Waals surface area contributed by atoms with E-state index in [1.54, 1.807) is 12.3 Å². The second-order valence-electron chi connectivity index (χ2n) is 3.43. The molecule has 2 rings (SSSR count). The van der Waals surface area contributed by atoms with Crippen LogP contribution in [-0.2, 0) is 0 Å². The molecule has 0 aliphatic rings. The van der Waals surface area contributed by atoms with Gasteiger partial charge < -0.3 is 4.84 Å². The molecule has 78 valence electrons. The van der Waals surface area contributed by atoms with Crippen LogP contribution < -0.4 is 4.84 Å². The van der Waals surface area contributed by atoms with E-state index in [-0.39, 0.29) is 5.82 Å². The van der Waals surface area contributed by atoms with Gasteiger partial charge in [-0.25, -0.2) is 9.37 Å². The van der Waals surface area contributed by atoms with Gasteiger partial charge in [0.2, 0.25) is 0 Å². The molecule has 0 unspecified atom stereocenters. The summed E-state index contributed by atoms with van der Waals surface area (Å²) in [6.07, 6.45) is 3.26. The van der Waals surface area contributed by atoms with Crippen molar-refractivity contribution in [3.63, 3.8) is 0 Å². The molecular weight excluding hydrogens is 195 g/mol. The van der Waals surface area contributed by atoms with E-state index in [9.17, 15) is 4.39 Å². The molecule has 0 atom stereocenters. The SMILES string of the molecule is Cc1cc(F)cc(On2cnc(C)c2)c1. The monoisotopic (exact) mass is 206 g/mol. The summed E-state index contributed by atoms with van der Waals surface area (Å²) >= 11 is 0. The third-order valence-electron chi connectivity index (χ3n) is 1.92. The van der Waals surface area contributed by atoms with Crippen LogP contribution in [0.25, 0.3) is 0 Å². The topological polar surface area (TPSA) is 27.1 Å². The zero-order valence-corrected chi connectivity index (χ0v) is 8.57. The van der Waals surface area contributed by atoms with E-state index in [1.165, 1.54) is 23.2 Å². The predicted octanol–water partition coefficient (Wildman–Crippen LogP) is 2.48. The van der Waals surface area contributed by atoms with Crippen molar-refractivity contribution in [2.24, 2.45) is 0 Å². The smallest absolute Gasteiger partial charge is 0.159 e. The van der Waals surface area contributed by atoms with Gasteiger partial charge in [0.25, 0.3) is 0 Å². The largest absolute Gasteiger partial charge is 0.374 e. The van der Waals surface area contributed by atoms with Crippen LogP contribution in [0, 0.1) is 19.7 Å². The average molecular weight is 206 g/mol. The van der Waals surface area contributed by atoms with Crippen molar-refractivity contribution in [2.75, 3.05) is 0 Å². The molecule has 0 amide bonds. The number of benzene rings is 1. The molecule has 0 bridgehead atoms. The number of halogens is 1. The molecule has 1 aromatic carbocycles. The summed E-state index contributed by atoms with van der Waals surface area (Å²) in [4.78, 5) is 9.38. The zero-order valence-electron chi connectivity index (χ0n) is 8.57. The number of hydrogen-bond donors (Lipinski definition) is 0. The maximum absolute atomic E-state index is 13.0. The minimum atomic E-state index is -0.304. The second kappa shape index (κ2) is 3.73. The molecule has 0 saturated heterocycles. The Morgan fingerprint density at radius 1 is 1.27 bits per heavy atom. The molecule has 0 spiro atoms. The molecule has 4 heteroatoms. The molecule has 1 heterocycles. The van der Waals surface area contributed by atoms with Crippen LogP contribution in [0.5, 0.6) is 5.75 Å².